The van der Waals surface area contributed by atoms with Crippen LogP contribution in [0.15, 0.2) is 12.1 Å². The van der Waals surface area contributed by atoms with Gasteiger partial charge in [0, 0.05) is 33.0 Å². The van der Waals surface area contributed by atoms with Gasteiger partial charge in [-0.15, -0.1) is 14.9 Å². The van der Waals surface area contributed by atoms with E-state index >= 15 is 0 Å². The van der Waals surface area contributed by atoms with Crippen LogP contribution in [0.2, 0.25) is 0 Å². The van der Waals surface area contributed by atoms with E-state index in [2.05, 4.69) is 14.9 Å². The molecule has 3 N–H and O–H groups in total. The molecule has 0 spiro atoms. The highest BCUT2D eigenvalue weighted by molar-refractivity contribution is 7.24. The van der Waals surface area contributed by atoms with E-state index in [1.807, 2.05) is 0 Å². The minimum absolute atomic E-state index is 0. The number of alkyl halides is 3. The molecule has 1 aromatic carbocycles. The molecule has 0 bridgehead atoms. The highest BCUT2D eigenvalue weighted by Crippen LogP contribution is 2.29. The molecule has 3 rings (SSSR count). The van der Waals surface area contributed by atoms with E-state index in [1.165, 1.54) is 4.90 Å². The minimum atomic E-state index is -4.64. The lowest BCUT2D eigenvalue weighted by Crippen LogP contribution is -2.42. The number of amides is 1. The highest BCUT2D eigenvalue weighted by Gasteiger charge is 2.40. The summed E-state index contributed by atoms with van der Waals surface area (Å²) in [5, 5.41) is 13.6. The van der Waals surface area contributed by atoms with Crippen molar-refractivity contribution in [2.75, 3.05) is 6.54 Å². The second-order valence-corrected chi connectivity index (χ2v) is 7.35. The van der Waals surface area contributed by atoms with Crippen LogP contribution in [-0.4, -0.2) is 43.4 Å². The van der Waals surface area contributed by atoms with Gasteiger partial charge in [0.15, 0.2) is 17.5 Å². The lowest BCUT2D eigenvalue weighted by molar-refractivity contribution is -0.148. The summed E-state index contributed by atoms with van der Waals surface area (Å²) < 4.78 is 99.8. The average molecular weight is 504 g/mol. The van der Waals surface area contributed by atoms with Gasteiger partial charge in [0.1, 0.15) is 5.82 Å². The van der Waals surface area contributed by atoms with Crippen LogP contribution in [-0.2, 0) is 44.3 Å². The number of hydrogen-bond donors (Lipinski definition) is 2. The fraction of sp³-hybridized carbons (Fsp3) is 0.438. The molecular formula is C16H17F6N5O5P. The zero-order chi connectivity index (χ0) is 24.9. The van der Waals surface area contributed by atoms with Crippen molar-refractivity contribution in [3.05, 3.63) is 46.8 Å². The maximum Gasteiger partial charge on any atom is 0.496 e. The largest absolute Gasteiger partial charge is 0.496 e. The Labute approximate surface area is 183 Å². The predicted octanol–water partition coefficient (Wildman–Crippen LogP) is 2.69. The van der Waals surface area contributed by atoms with Crippen molar-refractivity contribution in [2.24, 2.45) is 5.73 Å². The number of nitrogens with two attached hydrogens (primary N) is 1. The second-order valence-electron chi connectivity index (χ2n) is 6.74. The molecule has 2 aromatic rings. The Morgan fingerprint density at radius 1 is 1.18 bits per heavy atom. The van der Waals surface area contributed by atoms with Gasteiger partial charge in [-0.05, 0) is 18.1 Å². The van der Waals surface area contributed by atoms with Gasteiger partial charge in [-0.2, -0.15) is 13.2 Å². The van der Waals surface area contributed by atoms with Crippen LogP contribution in [0.4, 0.5) is 26.3 Å². The molecular weight excluding hydrogens is 487 g/mol. The van der Waals surface area contributed by atoms with Crippen LogP contribution < -0.4 is 5.73 Å². The van der Waals surface area contributed by atoms with Gasteiger partial charge in [-0.25, -0.2) is 27.6 Å². The van der Waals surface area contributed by atoms with Crippen LogP contribution in [0.25, 0.3) is 0 Å². The third kappa shape index (κ3) is 7.08. The third-order valence-corrected chi connectivity index (χ3v) is 4.57. The SMILES string of the molecule is N[C@@H](CC(=O)N1CCn2c(nnc2C(F)(F)F)C1)Cc1cc(F)c(F)cc1F.O=P(=O)OO.[H]. The molecule has 1 atom stereocenters. The monoisotopic (exact) mass is 504 g/mol. The first kappa shape index (κ1) is 26.4. The number of benzene rings is 1. The number of rotatable bonds is 5. The molecule has 17 heteroatoms. The van der Waals surface area contributed by atoms with Crippen LogP contribution >= 0.6 is 7.91 Å². The van der Waals surface area contributed by atoms with Crippen molar-refractivity contribution in [1.82, 2.24) is 19.7 Å². The Morgan fingerprint density at radius 3 is 2.36 bits per heavy atom. The molecule has 0 unspecified atom stereocenters. The van der Waals surface area contributed by atoms with Gasteiger partial charge >= 0.3 is 14.1 Å². The normalized spacial score (nSPS) is 14.2. The van der Waals surface area contributed by atoms with E-state index in [1.54, 1.807) is 0 Å². The maximum atomic E-state index is 13.7. The molecule has 1 aliphatic heterocycles. The topological polar surface area (TPSA) is 141 Å². The number of fused-ring (bicyclic) bond motifs is 1. The van der Waals surface area contributed by atoms with Crippen molar-refractivity contribution in [3.8, 4) is 0 Å². The Hall–Kier alpha value is -2.81. The summed E-state index contributed by atoms with van der Waals surface area (Å²) in [5.74, 6) is -5.15. The molecule has 1 amide bonds. The van der Waals surface area contributed by atoms with Crippen LogP contribution in [0.3, 0.4) is 0 Å². The van der Waals surface area contributed by atoms with E-state index in [-0.39, 0.29) is 45.3 Å². The molecule has 2 heterocycles. The molecule has 183 valence electrons. The number of nitrogens with zero attached hydrogens (tertiary/aromatic N) is 4. The molecule has 0 fully saturated rings. The second kappa shape index (κ2) is 10.9. The summed E-state index contributed by atoms with van der Waals surface area (Å²) in [6.07, 6.45) is -5.11. The smallest absolute Gasteiger partial charge is 0.333 e. The minimum Gasteiger partial charge on any atom is -0.333 e. The number of carbonyl (C=O) groups is 1. The molecule has 33 heavy (non-hydrogen) atoms. The first-order valence-corrected chi connectivity index (χ1v) is 10.0. The summed E-state index contributed by atoms with van der Waals surface area (Å²) in [4.78, 5) is 13.6. The highest BCUT2D eigenvalue weighted by atomic mass is 31.1. The Morgan fingerprint density at radius 2 is 1.79 bits per heavy atom. The molecule has 1 radical (unpaired) electrons. The Bertz CT molecular complexity index is 1080. The van der Waals surface area contributed by atoms with Crippen LogP contribution in [0, 0.1) is 17.5 Å². The van der Waals surface area contributed by atoms with Gasteiger partial charge < -0.3 is 15.2 Å². The van der Waals surface area contributed by atoms with Crippen molar-refractivity contribution >= 4 is 13.8 Å². The number of hydrogen-bond acceptors (Lipinski definition) is 8. The number of halogens is 6. The van der Waals surface area contributed by atoms with E-state index < -0.39 is 49.3 Å². The summed E-state index contributed by atoms with van der Waals surface area (Å²) in [6.45, 7) is -0.302. The molecule has 0 saturated carbocycles. The molecule has 0 saturated heterocycles. The lowest BCUT2D eigenvalue weighted by atomic mass is 10.0. The fourth-order valence-corrected chi connectivity index (χ4v) is 3.01. The van der Waals surface area contributed by atoms with Gasteiger partial charge in [0.25, 0.3) is 0 Å². The predicted molar refractivity (Wildman–Crippen MR) is 96.2 cm³/mol. The van der Waals surface area contributed by atoms with Crippen molar-refractivity contribution < 1.29 is 51.6 Å². The van der Waals surface area contributed by atoms with Crippen LogP contribution in [0.5, 0.6) is 0 Å². The van der Waals surface area contributed by atoms with Gasteiger partial charge in [-0.3, -0.25) is 4.79 Å². The van der Waals surface area contributed by atoms with E-state index in [0.717, 1.165) is 4.57 Å². The zero-order valence-electron chi connectivity index (χ0n) is 17.4. The summed E-state index contributed by atoms with van der Waals surface area (Å²) in [6, 6.07) is 0.184. The molecule has 10 nitrogen and oxygen atoms in total. The van der Waals surface area contributed by atoms with E-state index in [9.17, 15) is 31.1 Å². The summed E-state index contributed by atoms with van der Waals surface area (Å²) >= 11 is 0. The number of aromatic nitrogens is 3. The average Bonchev–Trinajstić information content (AvgIpc) is 3.16. The van der Waals surface area contributed by atoms with Gasteiger partial charge in [0.2, 0.25) is 11.7 Å². The van der Waals surface area contributed by atoms with E-state index in [4.69, 9.17) is 20.1 Å². The fourth-order valence-electron chi connectivity index (χ4n) is 3.01. The zero-order valence-corrected chi connectivity index (χ0v) is 17.3. The van der Waals surface area contributed by atoms with Gasteiger partial charge in [0.05, 0.1) is 6.54 Å². The van der Waals surface area contributed by atoms with Crippen molar-refractivity contribution in [3.63, 3.8) is 0 Å². The quantitative estimate of drug-likeness (QED) is 0.208. The Balaban J connectivity index is 0.000000873. The third-order valence-electron chi connectivity index (χ3n) is 4.43. The first-order valence-electron chi connectivity index (χ1n) is 8.95. The first-order chi connectivity index (χ1) is 15.3. The summed E-state index contributed by atoms with van der Waals surface area (Å²) in [5.41, 5.74) is 5.64. The molecule has 1 aliphatic rings. The summed E-state index contributed by atoms with van der Waals surface area (Å²) in [7, 11) is -3.04. The molecule has 1 aromatic heterocycles. The maximum absolute atomic E-state index is 13.7. The van der Waals surface area contributed by atoms with Crippen molar-refractivity contribution in [2.45, 2.75) is 38.1 Å². The van der Waals surface area contributed by atoms with Crippen LogP contribution in [0.1, 0.15) is 25.1 Å². The van der Waals surface area contributed by atoms with Gasteiger partial charge in [-0.1, -0.05) is 0 Å². The standard InChI is InChI=1S/C16H15F6N5O.HO4P.H/c17-10-6-12(19)11(18)4-8(10)3-9(23)5-14(28)26-1-2-27-13(7-26)24-25-15(27)16(20,21)22;1-4-5(2)3;/h4,6,9H,1-3,5,7,23H2;1H;/t9-;;/m1../s1. The lowest BCUT2D eigenvalue weighted by Gasteiger charge is -2.29. The van der Waals surface area contributed by atoms with Crippen molar-refractivity contribution in [1.29, 1.82) is 0 Å². The van der Waals surface area contributed by atoms with E-state index in [0.29, 0.717) is 12.1 Å². The number of carbonyl (C=O) groups excluding carboxylic acids is 1. The molecule has 0 aliphatic carbocycles. The Kier molecular flexibility index (Phi) is 8.71.